The molecular weight excluding hydrogens is 383 g/mol. The fourth-order valence-electron chi connectivity index (χ4n) is 2.73. The minimum Gasteiger partial charge on any atom is -0.466 e. The Kier molecular flexibility index (Phi) is 5.70. The summed E-state index contributed by atoms with van der Waals surface area (Å²) in [6.07, 6.45) is 7.04. The number of carbonyl (C=O) groups is 1. The van der Waals surface area contributed by atoms with Crippen LogP contribution in [-0.4, -0.2) is 27.5 Å². The molecule has 0 aliphatic heterocycles. The maximum atomic E-state index is 13.0. The lowest BCUT2D eigenvalue weighted by Crippen LogP contribution is -2.21. The largest absolute Gasteiger partial charge is 0.466 e. The maximum Gasteiger partial charge on any atom is 0.262 e. The van der Waals surface area contributed by atoms with Crippen LogP contribution in [0, 0.1) is 5.82 Å². The SMILES string of the molecule is O=C(COc1nc2ccccc2nc1/C=C\c1ccncc1)Nc1ccc(F)cc1. The number of aromatic nitrogens is 3. The monoisotopic (exact) mass is 400 g/mol. The third-order valence-electron chi connectivity index (χ3n) is 4.17. The number of ether oxygens (including phenoxy) is 1. The number of carbonyl (C=O) groups excluding carboxylic acids is 1. The Morgan fingerprint density at radius 1 is 0.933 bits per heavy atom. The zero-order valence-corrected chi connectivity index (χ0v) is 15.8. The summed E-state index contributed by atoms with van der Waals surface area (Å²) in [7, 11) is 0. The molecule has 30 heavy (non-hydrogen) atoms. The lowest BCUT2D eigenvalue weighted by Gasteiger charge is -2.10. The predicted molar refractivity (Wildman–Crippen MR) is 113 cm³/mol. The van der Waals surface area contributed by atoms with E-state index in [-0.39, 0.29) is 24.2 Å². The number of anilines is 1. The zero-order chi connectivity index (χ0) is 20.8. The van der Waals surface area contributed by atoms with Gasteiger partial charge in [-0.05, 0) is 60.2 Å². The van der Waals surface area contributed by atoms with Crippen LogP contribution in [-0.2, 0) is 4.79 Å². The Labute approximate surface area is 172 Å². The summed E-state index contributed by atoms with van der Waals surface area (Å²) in [5.74, 6) is -0.518. The third-order valence-corrected chi connectivity index (χ3v) is 4.17. The number of nitrogens with one attached hydrogen (secondary N) is 1. The van der Waals surface area contributed by atoms with Crippen molar-refractivity contribution in [2.45, 2.75) is 0 Å². The summed E-state index contributed by atoms with van der Waals surface area (Å²) < 4.78 is 18.7. The Hall–Kier alpha value is -4.13. The van der Waals surface area contributed by atoms with Crippen LogP contribution in [0.2, 0.25) is 0 Å². The third kappa shape index (κ3) is 4.82. The van der Waals surface area contributed by atoms with Crippen LogP contribution in [0.15, 0.2) is 73.1 Å². The standard InChI is InChI=1S/C23H17FN4O2/c24-17-6-8-18(9-7-17)26-22(29)15-30-23-21(10-5-16-11-13-25-14-12-16)27-19-3-1-2-4-20(19)28-23/h1-14H,15H2,(H,26,29)/b10-5-. The van der Waals surface area contributed by atoms with Crippen molar-refractivity contribution in [3.63, 3.8) is 0 Å². The molecule has 0 atom stereocenters. The van der Waals surface area contributed by atoms with Crippen molar-refractivity contribution in [1.29, 1.82) is 0 Å². The van der Waals surface area contributed by atoms with Crippen molar-refractivity contribution in [2.24, 2.45) is 0 Å². The molecule has 148 valence electrons. The fraction of sp³-hybridized carbons (Fsp3) is 0.0435. The van der Waals surface area contributed by atoms with Crippen molar-refractivity contribution >= 4 is 34.8 Å². The molecule has 7 heteroatoms. The van der Waals surface area contributed by atoms with Crippen LogP contribution in [0.4, 0.5) is 10.1 Å². The lowest BCUT2D eigenvalue weighted by molar-refractivity contribution is -0.118. The number of hydrogen-bond donors (Lipinski definition) is 1. The van der Waals surface area contributed by atoms with Gasteiger partial charge in [-0.25, -0.2) is 14.4 Å². The minimum absolute atomic E-state index is 0.244. The molecule has 2 aromatic carbocycles. The topological polar surface area (TPSA) is 77.0 Å². The lowest BCUT2D eigenvalue weighted by atomic mass is 10.2. The smallest absolute Gasteiger partial charge is 0.262 e. The minimum atomic E-state index is -0.388. The molecule has 4 aromatic rings. The van der Waals surface area contributed by atoms with Crippen LogP contribution >= 0.6 is 0 Å². The van der Waals surface area contributed by atoms with E-state index >= 15 is 0 Å². The van der Waals surface area contributed by atoms with Gasteiger partial charge in [-0.15, -0.1) is 0 Å². The van der Waals surface area contributed by atoms with Gasteiger partial charge in [0.05, 0.1) is 11.0 Å². The number of hydrogen-bond acceptors (Lipinski definition) is 5. The van der Waals surface area contributed by atoms with Gasteiger partial charge in [0.1, 0.15) is 11.5 Å². The van der Waals surface area contributed by atoms with E-state index in [0.717, 1.165) is 11.1 Å². The van der Waals surface area contributed by atoms with Gasteiger partial charge in [-0.3, -0.25) is 9.78 Å². The molecule has 6 nitrogen and oxygen atoms in total. The fourth-order valence-corrected chi connectivity index (χ4v) is 2.73. The highest BCUT2D eigenvalue weighted by Gasteiger charge is 2.11. The summed E-state index contributed by atoms with van der Waals surface area (Å²) in [4.78, 5) is 25.3. The summed E-state index contributed by atoms with van der Waals surface area (Å²) in [5.41, 5.74) is 3.30. The van der Waals surface area contributed by atoms with E-state index in [0.29, 0.717) is 16.9 Å². The number of amides is 1. The molecule has 0 fully saturated rings. The Bertz CT molecular complexity index is 1190. The van der Waals surface area contributed by atoms with E-state index in [9.17, 15) is 9.18 Å². The van der Waals surface area contributed by atoms with Gasteiger partial charge < -0.3 is 10.1 Å². The van der Waals surface area contributed by atoms with Crippen molar-refractivity contribution in [3.8, 4) is 5.88 Å². The average Bonchev–Trinajstić information content (AvgIpc) is 2.78. The number of fused-ring (bicyclic) bond motifs is 1. The van der Waals surface area contributed by atoms with E-state index < -0.39 is 0 Å². The maximum absolute atomic E-state index is 13.0. The van der Waals surface area contributed by atoms with Crippen molar-refractivity contribution in [2.75, 3.05) is 11.9 Å². The molecule has 2 heterocycles. The van der Waals surface area contributed by atoms with Gasteiger partial charge in [-0.2, -0.15) is 0 Å². The quantitative estimate of drug-likeness (QED) is 0.521. The highest BCUT2D eigenvalue weighted by atomic mass is 19.1. The summed E-state index contributed by atoms with van der Waals surface area (Å²) in [5, 5.41) is 2.65. The molecule has 0 saturated heterocycles. The zero-order valence-electron chi connectivity index (χ0n) is 15.8. The van der Waals surface area contributed by atoms with Crippen molar-refractivity contribution < 1.29 is 13.9 Å². The molecule has 4 rings (SSSR count). The van der Waals surface area contributed by atoms with E-state index in [1.807, 2.05) is 42.5 Å². The number of benzene rings is 2. The second kappa shape index (κ2) is 8.91. The van der Waals surface area contributed by atoms with Crippen LogP contribution in [0.25, 0.3) is 23.2 Å². The second-order valence-electron chi connectivity index (χ2n) is 6.36. The van der Waals surface area contributed by atoms with Gasteiger partial charge in [0.15, 0.2) is 6.61 Å². The number of rotatable bonds is 6. The summed E-state index contributed by atoms with van der Waals surface area (Å²) >= 11 is 0. The molecule has 0 unspecified atom stereocenters. The van der Waals surface area contributed by atoms with Gasteiger partial charge in [0.25, 0.3) is 5.91 Å². The molecule has 0 aliphatic carbocycles. The van der Waals surface area contributed by atoms with E-state index in [1.165, 1.54) is 24.3 Å². The number of nitrogens with zero attached hydrogens (tertiary/aromatic N) is 3. The first-order valence-corrected chi connectivity index (χ1v) is 9.20. The molecule has 0 aliphatic rings. The van der Waals surface area contributed by atoms with Gasteiger partial charge in [-0.1, -0.05) is 18.2 Å². The molecule has 1 amide bonds. The average molecular weight is 400 g/mol. The Balaban J connectivity index is 1.54. The molecule has 0 radical (unpaired) electrons. The molecule has 0 bridgehead atoms. The van der Waals surface area contributed by atoms with Crippen LogP contribution in [0.1, 0.15) is 11.3 Å². The van der Waals surface area contributed by atoms with Crippen LogP contribution in [0.5, 0.6) is 5.88 Å². The van der Waals surface area contributed by atoms with E-state index in [1.54, 1.807) is 18.5 Å². The van der Waals surface area contributed by atoms with Crippen LogP contribution in [0.3, 0.4) is 0 Å². The highest BCUT2D eigenvalue weighted by Crippen LogP contribution is 2.21. The van der Waals surface area contributed by atoms with Gasteiger partial charge in [0.2, 0.25) is 5.88 Å². The van der Waals surface area contributed by atoms with Crippen LogP contribution < -0.4 is 10.1 Å². The first-order valence-electron chi connectivity index (χ1n) is 9.20. The molecule has 1 N–H and O–H groups in total. The molecular formula is C23H17FN4O2. The van der Waals surface area contributed by atoms with Gasteiger partial charge in [0, 0.05) is 18.1 Å². The van der Waals surface area contributed by atoms with Gasteiger partial charge >= 0.3 is 0 Å². The summed E-state index contributed by atoms with van der Waals surface area (Å²) in [6, 6.07) is 16.6. The Morgan fingerprint density at radius 3 is 2.37 bits per heavy atom. The van der Waals surface area contributed by atoms with E-state index in [4.69, 9.17) is 4.74 Å². The first kappa shape index (κ1) is 19.2. The molecule has 2 aromatic heterocycles. The first-order chi connectivity index (χ1) is 14.7. The number of pyridine rings is 1. The molecule has 0 spiro atoms. The number of para-hydroxylation sites is 2. The normalized spacial score (nSPS) is 11.0. The molecule has 0 saturated carbocycles. The number of halogens is 1. The predicted octanol–water partition coefficient (Wildman–Crippen LogP) is 4.35. The second-order valence-corrected chi connectivity index (χ2v) is 6.36. The Morgan fingerprint density at radius 2 is 1.63 bits per heavy atom. The van der Waals surface area contributed by atoms with E-state index in [2.05, 4.69) is 20.3 Å². The van der Waals surface area contributed by atoms with Crippen molar-refractivity contribution in [3.05, 3.63) is 90.1 Å². The highest BCUT2D eigenvalue weighted by molar-refractivity contribution is 5.92. The summed E-state index contributed by atoms with van der Waals surface area (Å²) in [6.45, 7) is -0.263. The van der Waals surface area contributed by atoms with Crippen molar-refractivity contribution in [1.82, 2.24) is 15.0 Å².